The van der Waals surface area contributed by atoms with Gasteiger partial charge in [0.15, 0.2) is 0 Å². The van der Waals surface area contributed by atoms with Crippen molar-refractivity contribution >= 4 is 39.1 Å². The van der Waals surface area contributed by atoms with Crippen LogP contribution in [0.4, 0.5) is 5.69 Å². The Bertz CT molecular complexity index is 1440. The number of halogens is 1. The summed E-state index contributed by atoms with van der Waals surface area (Å²) in [5, 5.41) is 3.28. The van der Waals surface area contributed by atoms with Crippen LogP contribution in [-0.2, 0) is 26.2 Å². The van der Waals surface area contributed by atoms with E-state index in [1.807, 2.05) is 52.0 Å². The number of carbonyl (C=O) groups is 2. The highest BCUT2D eigenvalue weighted by molar-refractivity contribution is 7.92. The molecule has 1 atom stereocenters. The first-order valence-corrected chi connectivity index (χ1v) is 15.3. The highest BCUT2D eigenvalue weighted by Gasteiger charge is 2.34. The zero-order valence-electron chi connectivity index (χ0n) is 23.8. The molecule has 1 N–H and O–H groups in total. The van der Waals surface area contributed by atoms with Crippen molar-refractivity contribution in [2.45, 2.75) is 64.9 Å². The number of nitrogens with zero attached hydrogens (tertiary/aromatic N) is 2. The minimum atomic E-state index is -4.16. The van der Waals surface area contributed by atoms with Crippen molar-refractivity contribution < 1.29 is 18.0 Å². The number of amides is 2. The van der Waals surface area contributed by atoms with Crippen molar-refractivity contribution in [2.75, 3.05) is 17.4 Å². The molecule has 3 aromatic rings. The maximum absolute atomic E-state index is 14.1. The Hall–Kier alpha value is -3.36. The van der Waals surface area contributed by atoms with Gasteiger partial charge in [0, 0.05) is 18.1 Å². The molecule has 9 heteroatoms. The smallest absolute Gasteiger partial charge is 0.264 e. The first-order valence-electron chi connectivity index (χ1n) is 13.5. The molecule has 0 radical (unpaired) electrons. The molecular weight excluding hydrogens is 546 g/mol. The van der Waals surface area contributed by atoms with E-state index in [-0.39, 0.29) is 17.3 Å². The van der Waals surface area contributed by atoms with E-state index in [4.69, 9.17) is 11.6 Å². The van der Waals surface area contributed by atoms with E-state index >= 15 is 0 Å². The first kappa shape index (κ1) is 31.2. The number of nitrogens with one attached hydrogen (secondary N) is 1. The molecule has 0 saturated carbocycles. The lowest BCUT2D eigenvalue weighted by Gasteiger charge is -2.33. The van der Waals surface area contributed by atoms with Gasteiger partial charge >= 0.3 is 0 Å². The third-order valence-electron chi connectivity index (χ3n) is 6.77. The Morgan fingerprint density at radius 1 is 0.925 bits per heavy atom. The number of sulfonamides is 1. The Morgan fingerprint density at radius 2 is 1.60 bits per heavy atom. The zero-order valence-corrected chi connectivity index (χ0v) is 25.3. The third kappa shape index (κ3) is 7.43. The fourth-order valence-electron chi connectivity index (χ4n) is 4.51. The van der Waals surface area contributed by atoms with Gasteiger partial charge in [-0.2, -0.15) is 0 Å². The number of benzene rings is 3. The predicted molar refractivity (Wildman–Crippen MR) is 161 cm³/mol. The SMILES string of the molecule is CCCNC(=O)[C@H](CC)N(Cc1cccc(C)c1)C(=O)CN(c1cccc(Cl)c1C)S(=O)(=O)c1ccc(C)cc1. The van der Waals surface area contributed by atoms with Crippen molar-refractivity contribution in [1.82, 2.24) is 10.2 Å². The van der Waals surface area contributed by atoms with Gasteiger partial charge in [-0.15, -0.1) is 0 Å². The molecule has 2 amide bonds. The average molecular weight is 584 g/mol. The summed E-state index contributed by atoms with van der Waals surface area (Å²) >= 11 is 6.39. The monoisotopic (exact) mass is 583 g/mol. The zero-order chi connectivity index (χ0) is 29.4. The Morgan fingerprint density at radius 3 is 2.23 bits per heavy atom. The maximum atomic E-state index is 14.1. The average Bonchev–Trinajstić information content (AvgIpc) is 2.92. The molecule has 0 aliphatic carbocycles. The van der Waals surface area contributed by atoms with Crippen LogP contribution in [0.2, 0.25) is 5.02 Å². The Balaban J connectivity index is 2.10. The Labute approximate surface area is 243 Å². The van der Waals surface area contributed by atoms with E-state index in [2.05, 4.69) is 5.32 Å². The maximum Gasteiger partial charge on any atom is 0.264 e. The number of hydrogen-bond donors (Lipinski definition) is 1. The van der Waals surface area contributed by atoms with Crippen molar-refractivity contribution in [3.63, 3.8) is 0 Å². The largest absolute Gasteiger partial charge is 0.354 e. The topological polar surface area (TPSA) is 86.8 Å². The second-order valence-electron chi connectivity index (χ2n) is 9.93. The van der Waals surface area contributed by atoms with E-state index in [9.17, 15) is 18.0 Å². The molecule has 0 heterocycles. The number of anilines is 1. The minimum absolute atomic E-state index is 0.0586. The molecule has 0 fully saturated rings. The standard InChI is InChI=1S/C31H38ClN3O4S/c1-6-18-33-31(37)28(7-2)34(20-25-11-8-10-23(4)19-25)30(36)21-35(29-13-9-12-27(32)24(29)5)40(38,39)26-16-14-22(3)15-17-26/h8-17,19,28H,6-7,18,20-21H2,1-5H3,(H,33,37)/t28-/m0/s1. The summed E-state index contributed by atoms with van der Waals surface area (Å²) in [6.45, 7) is 9.49. The number of hydrogen-bond acceptors (Lipinski definition) is 4. The molecule has 0 aliphatic heterocycles. The van der Waals surface area contributed by atoms with E-state index < -0.39 is 28.5 Å². The second kappa shape index (κ2) is 13.8. The van der Waals surface area contributed by atoms with Crippen LogP contribution < -0.4 is 9.62 Å². The summed E-state index contributed by atoms with van der Waals surface area (Å²) in [4.78, 5) is 28.9. The van der Waals surface area contributed by atoms with Crippen molar-refractivity contribution in [3.8, 4) is 0 Å². The molecule has 40 heavy (non-hydrogen) atoms. The van der Waals surface area contributed by atoms with Crippen LogP contribution in [0.25, 0.3) is 0 Å². The molecule has 3 aromatic carbocycles. The van der Waals surface area contributed by atoms with Crippen molar-refractivity contribution in [1.29, 1.82) is 0 Å². The highest BCUT2D eigenvalue weighted by Crippen LogP contribution is 2.31. The first-order chi connectivity index (χ1) is 19.0. The predicted octanol–water partition coefficient (Wildman–Crippen LogP) is 5.79. The second-order valence-corrected chi connectivity index (χ2v) is 12.2. The summed E-state index contributed by atoms with van der Waals surface area (Å²) in [7, 11) is -4.16. The van der Waals surface area contributed by atoms with E-state index in [0.29, 0.717) is 29.2 Å². The summed E-state index contributed by atoms with van der Waals surface area (Å²) in [6.07, 6.45) is 1.12. The van der Waals surface area contributed by atoms with Crippen LogP contribution in [0.3, 0.4) is 0 Å². The van der Waals surface area contributed by atoms with Crippen LogP contribution in [0.5, 0.6) is 0 Å². The van der Waals surface area contributed by atoms with Gasteiger partial charge in [-0.3, -0.25) is 13.9 Å². The molecule has 0 bridgehead atoms. The lowest BCUT2D eigenvalue weighted by molar-refractivity contribution is -0.140. The lowest BCUT2D eigenvalue weighted by atomic mass is 10.1. The Kier molecular flexibility index (Phi) is 10.8. The van der Waals surface area contributed by atoms with Gasteiger partial charge in [-0.05, 0) is 69.0 Å². The molecule has 0 unspecified atom stereocenters. The van der Waals surface area contributed by atoms with Gasteiger partial charge in [0.1, 0.15) is 12.6 Å². The normalized spacial score (nSPS) is 12.1. The van der Waals surface area contributed by atoms with Crippen LogP contribution in [0.1, 0.15) is 48.9 Å². The van der Waals surface area contributed by atoms with Crippen LogP contribution in [0.15, 0.2) is 71.6 Å². The van der Waals surface area contributed by atoms with E-state index in [1.165, 1.54) is 17.0 Å². The molecule has 0 saturated heterocycles. The highest BCUT2D eigenvalue weighted by atomic mass is 35.5. The molecule has 3 rings (SSSR count). The quantitative estimate of drug-likeness (QED) is 0.292. The van der Waals surface area contributed by atoms with Gasteiger partial charge in [0.2, 0.25) is 11.8 Å². The molecule has 0 aliphatic rings. The van der Waals surface area contributed by atoms with Gasteiger partial charge < -0.3 is 10.2 Å². The fourth-order valence-corrected chi connectivity index (χ4v) is 6.15. The van der Waals surface area contributed by atoms with Crippen molar-refractivity contribution in [3.05, 3.63) is 94.0 Å². The van der Waals surface area contributed by atoms with Gasteiger partial charge in [0.25, 0.3) is 10.0 Å². The summed E-state index contributed by atoms with van der Waals surface area (Å²) in [5.74, 6) is -0.757. The van der Waals surface area contributed by atoms with Crippen molar-refractivity contribution in [2.24, 2.45) is 0 Å². The lowest BCUT2D eigenvalue weighted by Crippen LogP contribution is -2.52. The number of carbonyl (C=O) groups excluding carboxylic acids is 2. The van der Waals surface area contributed by atoms with E-state index in [0.717, 1.165) is 27.4 Å². The summed E-state index contributed by atoms with van der Waals surface area (Å²) < 4.78 is 29.1. The molecule has 0 spiro atoms. The number of rotatable bonds is 12. The molecule has 7 nitrogen and oxygen atoms in total. The third-order valence-corrected chi connectivity index (χ3v) is 8.95. The molecular formula is C31H38ClN3O4S. The van der Waals surface area contributed by atoms with Crippen LogP contribution in [-0.4, -0.2) is 44.3 Å². The van der Waals surface area contributed by atoms with Gasteiger partial charge in [0.05, 0.1) is 10.6 Å². The van der Waals surface area contributed by atoms with Gasteiger partial charge in [-0.1, -0.05) is 79.0 Å². The minimum Gasteiger partial charge on any atom is -0.354 e. The summed E-state index contributed by atoms with van der Waals surface area (Å²) in [5.41, 5.74) is 3.62. The van der Waals surface area contributed by atoms with Crippen LogP contribution in [0, 0.1) is 20.8 Å². The molecule has 0 aromatic heterocycles. The van der Waals surface area contributed by atoms with Crippen LogP contribution >= 0.6 is 11.6 Å². The van der Waals surface area contributed by atoms with E-state index in [1.54, 1.807) is 37.3 Å². The fraction of sp³-hybridized carbons (Fsp3) is 0.355. The van der Waals surface area contributed by atoms with Gasteiger partial charge in [-0.25, -0.2) is 8.42 Å². The summed E-state index contributed by atoms with van der Waals surface area (Å²) in [6, 6.07) is 18.4. The number of aryl methyl sites for hydroxylation is 2. The molecule has 214 valence electrons.